The van der Waals surface area contributed by atoms with Gasteiger partial charge in [0, 0.05) is 32.0 Å². The number of ether oxygens (including phenoxy) is 1. The second-order valence-corrected chi connectivity index (χ2v) is 6.84. The third kappa shape index (κ3) is 4.59. The van der Waals surface area contributed by atoms with E-state index in [-0.39, 0.29) is 11.8 Å². The molecule has 2 aliphatic heterocycles. The second-order valence-electron chi connectivity index (χ2n) is 6.84. The maximum absolute atomic E-state index is 12.6. The zero-order valence-corrected chi connectivity index (χ0v) is 16.5. The van der Waals surface area contributed by atoms with Crippen LogP contribution in [0, 0.1) is 23.7 Å². The lowest BCUT2D eigenvalue weighted by atomic mass is 9.60. The van der Waals surface area contributed by atoms with Crippen molar-refractivity contribution in [3.63, 3.8) is 0 Å². The molecule has 24 heavy (non-hydrogen) atoms. The third-order valence-electron chi connectivity index (χ3n) is 5.67. The highest BCUT2D eigenvalue weighted by Gasteiger charge is 2.50. The van der Waals surface area contributed by atoms with Crippen molar-refractivity contribution in [1.29, 1.82) is 0 Å². The standard InChI is InChI=1S/C16H25NO3.2C2H6/c1-10(18)15-12-7-13(15)9-17(8-12)16(19)11-3-5-14(20-2)6-4-11;2*1-2/h11-15H,3-9H2,1-2H3;2*1-2H3. The Morgan fingerprint density at radius 2 is 1.42 bits per heavy atom. The predicted molar refractivity (Wildman–Crippen MR) is 97.8 cm³/mol. The summed E-state index contributed by atoms with van der Waals surface area (Å²) < 4.78 is 5.37. The van der Waals surface area contributed by atoms with Gasteiger partial charge in [0.25, 0.3) is 0 Å². The average molecular weight is 340 g/mol. The summed E-state index contributed by atoms with van der Waals surface area (Å²) in [6.45, 7) is 11.3. The fraction of sp³-hybridized carbons (Fsp3) is 0.900. The molecule has 4 nitrogen and oxygen atoms in total. The predicted octanol–water partition coefficient (Wildman–Crippen LogP) is 3.93. The van der Waals surface area contributed by atoms with E-state index in [0.29, 0.717) is 29.6 Å². The van der Waals surface area contributed by atoms with Gasteiger partial charge in [0.05, 0.1) is 6.10 Å². The van der Waals surface area contributed by atoms with Gasteiger partial charge in [-0.25, -0.2) is 0 Å². The van der Waals surface area contributed by atoms with Crippen LogP contribution in [-0.4, -0.2) is 42.9 Å². The van der Waals surface area contributed by atoms with E-state index in [2.05, 4.69) is 0 Å². The number of nitrogens with zero attached hydrogens (tertiary/aromatic N) is 1. The Bertz CT molecular complexity index is 390. The number of ketones is 1. The summed E-state index contributed by atoms with van der Waals surface area (Å²) in [7, 11) is 1.76. The van der Waals surface area contributed by atoms with Crippen LogP contribution in [0.1, 0.15) is 66.7 Å². The first kappa shape index (κ1) is 21.1. The number of rotatable bonds is 3. The van der Waals surface area contributed by atoms with Crippen LogP contribution in [0.3, 0.4) is 0 Å². The molecule has 140 valence electrons. The van der Waals surface area contributed by atoms with Crippen LogP contribution in [0.5, 0.6) is 0 Å². The molecule has 2 saturated carbocycles. The first-order valence-corrected chi connectivity index (χ1v) is 9.92. The van der Waals surface area contributed by atoms with Crippen molar-refractivity contribution < 1.29 is 14.3 Å². The molecular formula is C20H37NO3. The van der Waals surface area contributed by atoms with E-state index in [0.717, 1.165) is 45.2 Å². The van der Waals surface area contributed by atoms with E-state index in [1.807, 2.05) is 32.6 Å². The number of Topliss-reactive ketones (excluding diaryl/α,β-unsaturated/α-hetero) is 1. The second kappa shape index (κ2) is 10.2. The van der Waals surface area contributed by atoms with Gasteiger partial charge in [-0.2, -0.15) is 0 Å². The van der Waals surface area contributed by atoms with Gasteiger partial charge in [-0.3, -0.25) is 9.59 Å². The van der Waals surface area contributed by atoms with Crippen molar-refractivity contribution in [2.75, 3.05) is 20.2 Å². The molecule has 1 amide bonds. The van der Waals surface area contributed by atoms with Crippen molar-refractivity contribution in [2.45, 2.75) is 72.8 Å². The molecule has 4 aliphatic rings. The van der Waals surface area contributed by atoms with Crippen LogP contribution in [0.15, 0.2) is 0 Å². The molecule has 0 radical (unpaired) electrons. The van der Waals surface area contributed by atoms with Crippen molar-refractivity contribution in [3.05, 3.63) is 0 Å². The Kier molecular flexibility index (Phi) is 8.96. The first-order chi connectivity index (χ1) is 11.6. The highest BCUT2D eigenvalue weighted by molar-refractivity contribution is 5.82. The summed E-state index contributed by atoms with van der Waals surface area (Å²) in [5.41, 5.74) is 0. The largest absolute Gasteiger partial charge is 0.381 e. The summed E-state index contributed by atoms with van der Waals surface area (Å²) >= 11 is 0. The Morgan fingerprint density at radius 3 is 1.83 bits per heavy atom. The van der Waals surface area contributed by atoms with Gasteiger partial charge in [0.2, 0.25) is 5.91 Å². The van der Waals surface area contributed by atoms with Crippen LogP contribution >= 0.6 is 0 Å². The Balaban J connectivity index is 0.000000671. The van der Waals surface area contributed by atoms with E-state index in [1.54, 1.807) is 14.0 Å². The average Bonchev–Trinajstić information content (AvgIpc) is 2.64. The van der Waals surface area contributed by atoms with E-state index >= 15 is 0 Å². The Hall–Kier alpha value is -0.900. The first-order valence-electron chi connectivity index (χ1n) is 9.92. The van der Waals surface area contributed by atoms with Crippen LogP contribution in [0.2, 0.25) is 0 Å². The molecule has 2 heterocycles. The van der Waals surface area contributed by atoms with Crippen LogP contribution < -0.4 is 0 Å². The quantitative estimate of drug-likeness (QED) is 0.783. The van der Waals surface area contributed by atoms with Gasteiger partial charge in [-0.15, -0.1) is 0 Å². The number of carbonyl (C=O) groups excluding carboxylic acids is 2. The summed E-state index contributed by atoms with van der Waals surface area (Å²) in [6, 6.07) is 0. The number of amides is 1. The summed E-state index contributed by atoms with van der Waals surface area (Å²) in [5.74, 6) is 1.95. The highest BCUT2D eigenvalue weighted by atomic mass is 16.5. The lowest BCUT2D eigenvalue weighted by Gasteiger charge is -2.53. The number of carbonyl (C=O) groups is 2. The van der Waals surface area contributed by atoms with E-state index in [9.17, 15) is 9.59 Å². The Morgan fingerprint density at radius 1 is 0.917 bits per heavy atom. The van der Waals surface area contributed by atoms with Gasteiger partial charge < -0.3 is 9.64 Å². The lowest BCUT2D eigenvalue weighted by molar-refractivity contribution is -0.154. The fourth-order valence-corrected chi connectivity index (χ4v) is 4.54. The number of piperidine rings is 2. The molecule has 2 aliphatic carbocycles. The minimum absolute atomic E-state index is 0.190. The molecule has 0 aromatic rings. The lowest BCUT2D eigenvalue weighted by Crippen LogP contribution is -2.59. The molecule has 0 aromatic carbocycles. The van der Waals surface area contributed by atoms with Crippen LogP contribution in [0.25, 0.3) is 0 Å². The number of fused-ring (bicyclic) bond motifs is 2. The minimum atomic E-state index is 0.190. The van der Waals surface area contributed by atoms with Crippen molar-refractivity contribution in [1.82, 2.24) is 4.90 Å². The van der Waals surface area contributed by atoms with Gasteiger partial charge in [-0.1, -0.05) is 27.7 Å². The summed E-state index contributed by atoms with van der Waals surface area (Å²) in [6.07, 6.45) is 5.41. The minimum Gasteiger partial charge on any atom is -0.381 e. The van der Waals surface area contributed by atoms with Crippen molar-refractivity contribution in [2.24, 2.45) is 23.7 Å². The SMILES string of the molecule is CC.CC.COC1CCC(C(=O)N2CC3CC(C2)C3C(C)=O)CC1. The molecule has 0 aromatic heterocycles. The smallest absolute Gasteiger partial charge is 0.225 e. The molecule has 4 heteroatoms. The van der Waals surface area contributed by atoms with Crippen LogP contribution in [0.4, 0.5) is 0 Å². The molecule has 0 N–H and O–H groups in total. The molecule has 4 rings (SSSR count). The highest BCUT2D eigenvalue weighted by Crippen LogP contribution is 2.46. The monoisotopic (exact) mass is 339 g/mol. The third-order valence-corrected chi connectivity index (χ3v) is 5.67. The van der Waals surface area contributed by atoms with E-state index < -0.39 is 0 Å². The summed E-state index contributed by atoms with van der Waals surface area (Å²) in [4.78, 5) is 26.2. The molecule has 2 bridgehead atoms. The maximum Gasteiger partial charge on any atom is 0.225 e. The molecule has 0 spiro atoms. The topological polar surface area (TPSA) is 46.6 Å². The molecule has 4 fully saturated rings. The zero-order chi connectivity index (χ0) is 18.3. The zero-order valence-electron chi connectivity index (χ0n) is 16.5. The van der Waals surface area contributed by atoms with Gasteiger partial charge >= 0.3 is 0 Å². The number of hydrogen-bond donors (Lipinski definition) is 0. The van der Waals surface area contributed by atoms with Gasteiger partial charge in [0.15, 0.2) is 0 Å². The molecular weight excluding hydrogens is 302 g/mol. The van der Waals surface area contributed by atoms with Crippen molar-refractivity contribution >= 4 is 11.7 Å². The molecule has 2 atom stereocenters. The Labute approximate surface area is 148 Å². The fourth-order valence-electron chi connectivity index (χ4n) is 4.54. The van der Waals surface area contributed by atoms with E-state index in [1.165, 1.54) is 0 Å². The van der Waals surface area contributed by atoms with Crippen molar-refractivity contribution in [3.8, 4) is 0 Å². The molecule has 2 saturated heterocycles. The normalized spacial score (nSPS) is 33.9. The van der Waals surface area contributed by atoms with E-state index in [4.69, 9.17) is 4.74 Å². The van der Waals surface area contributed by atoms with Gasteiger partial charge in [0.1, 0.15) is 5.78 Å². The maximum atomic E-state index is 12.6. The van der Waals surface area contributed by atoms with Crippen LogP contribution in [-0.2, 0) is 14.3 Å². The summed E-state index contributed by atoms with van der Waals surface area (Å²) in [5, 5.41) is 0. The van der Waals surface area contributed by atoms with Gasteiger partial charge in [-0.05, 0) is 50.9 Å². The number of methoxy groups -OCH3 is 1. The number of hydrogen-bond acceptors (Lipinski definition) is 3. The molecule has 2 unspecified atom stereocenters.